The third-order valence-corrected chi connectivity index (χ3v) is 2.58. The smallest absolute Gasteiger partial charge is 0.330 e. The topological polar surface area (TPSA) is 81.2 Å². The van der Waals surface area contributed by atoms with Crippen molar-refractivity contribution in [3.05, 3.63) is 48.3 Å². The molecular formula is C14H13N3O3. The maximum absolute atomic E-state index is 12.0. The summed E-state index contributed by atoms with van der Waals surface area (Å²) in [6.45, 7) is 0.227. The number of esters is 1. The van der Waals surface area contributed by atoms with Crippen LogP contribution in [0.1, 0.15) is 10.4 Å². The van der Waals surface area contributed by atoms with Crippen LogP contribution in [0.4, 0.5) is 0 Å². The van der Waals surface area contributed by atoms with Gasteiger partial charge in [0.25, 0.3) is 5.91 Å². The van der Waals surface area contributed by atoms with E-state index in [1.165, 1.54) is 25.5 Å². The molecular weight excluding hydrogens is 258 g/mol. The summed E-state index contributed by atoms with van der Waals surface area (Å²) in [5, 5.41) is 2.67. The summed E-state index contributed by atoms with van der Waals surface area (Å²) in [5.74, 6) is -0.735. The highest BCUT2D eigenvalue weighted by molar-refractivity contribution is 6.04. The summed E-state index contributed by atoms with van der Waals surface area (Å²) in [7, 11) is 1.29. The first kappa shape index (κ1) is 13.7. The minimum atomic E-state index is -0.463. The number of nitrogens with one attached hydrogen (secondary N) is 1. The van der Waals surface area contributed by atoms with Crippen LogP contribution in [0.5, 0.6) is 0 Å². The first-order chi connectivity index (χ1) is 9.72. The predicted molar refractivity (Wildman–Crippen MR) is 73.0 cm³/mol. The molecule has 6 heteroatoms. The third-order valence-electron chi connectivity index (χ3n) is 2.58. The van der Waals surface area contributed by atoms with Gasteiger partial charge in [0.15, 0.2) is 0 Å². The van der Waals surface area contributed by atoms with Crippen molar-refractivity contribution in [2.24, 2.45) is 0 Å². The van der Waals surface area contributed by atoms with Gasteiger partial charge in [0.05, 0.1) is 18.2 Å². The molecule has 0 radical (unpaired) electrons. The van der Waals surface area contributed by atoms with Crippen molar-refractivity contribution in [3.63, 3.8) is 0 Å². The van der Waals surface area contributed by atoms with Crippen molar-refractivity contribution in [1.82, 2.24) is 15.3 Å². The standard InChI is InChI=1S/C14H13N3O3/c1-20-12(18)6-3-7-17-14(19)10-4-2-5-11-13(10)16-9-8-15-11/h2-6,8-9H,7H2,1H3,(H,17,19)/b6-3+. The number of ether oxygens (including phenoxy) is 1. The number of fused-ring (bicyclic) bond motifs is 1. The number of rotatable bonds is 4. The first-order valence-electron chi connectivity index (χ1n) is 5.95. The van der Waals surface area contributed by atoms with E-state index in [2.05, 4.69) is 20.0 Å². The van der Waals surface area contributed by atoms with E-state index in [4.69, 9.17) is 0 Å². The Morgan fingerprint density at radius 1 is 1.30 bits per heavy atom. The number of carbonyl (C=O) groups excluding carboxylic acids is 2. The highest BCUT2D eigenvalue weighted by Crippen LogP contribution is 2.13. The molecule has 1 amide bonds. The van der Waals surface area contributed by atoms with E-state index < -0.39 is 5.97 Å². The van der Waals surface area contributed by atoms with Gasteiger partial charge in [-0.3, -0.25) is 14.8 Å². The second kappa shape index (κ2) is 6.42. The lowest BCUT2D eigenvalue weighted by Gasteiger charge is -2.04. The molecule has 0 saturated heterocycles. The molecule has 0 bridgehead atoms. The molecule has 1 aromatic carbocycles. The lowest BCUT2D eigenvalue weighted by Crippen LogP contribution is -2.24. The molecule has 1 aromatic heterocycles. The zero-order valence-corrected chi connectivity index (χ0v) is 10.9. The monoisotopic (exact) mass is 271 g/mol. The molecule has 102 valence electrons. The molecule has 0 atom stereocenters. The number of carbonyl (C=O) groups is 2. The number of hydrogen-bond acceptors (Lipinski definition) is 5. The zero-order valence-electron chi connectivity index (χ0n) is 10.9. The maximum Gasteiger partial charge on any atom is 0.330 e. The predicted octanol–water partition coefficient (Wildman–Crippen LogP) is 1.09. The van der Waals surface area contributed by atoms with Gasteiger partial charge in [0.1, 0.15) is 5.52 Å². The second-order valence-electron chi connectivity index (χ2n) is 3.87. The summed E-state index contributed by atoms with van der Waals surface area (Å²) in [6.07, 6.45) is 5.88. The van der Waals surface area contributed by atoms with Gasteiger partial charge in [0, 0.05) is 25.0 Å². The molecule has 0 spiro atoms. The van der Waals surface area contributed by atoms with E-state index in [1.54, 1.807) is 24.4 Å². The van der Waals surface area contributed by atoms with Gasteiger partial charge in [-0.05, 0) is 12.1 Å². The molecule has 0 aliphatic rings. The van der Waals surface area contributed by atoms with E-state index in [-0.39, 0.29) is 12.5 Å². The number of nitrogens with zero attached hydrogens (tertiary/aromatic N) is 2. The van der Waals surface area contributed by atoms with E-state index in [1.807, 2.05) is 0 Å². The van der Waals surface area contributed by atoms with Crippen molar-refractivity contribution < 1.29 is 14.3 Å². The quantitative estimate of drug-likeness (QED) is 0.665. The SMILES string of the molecule is COC(=O)/C=C/CNC(=O)c1cccc2nccnc12. The van der Waals surface area contributed by atoms with Crippen LogP contribution < -0.4 is 5.32 Å². The second-order valence-corrected chi connectivity index (χ2v) is 3.87. The van der Waals surface area contributed by atoms with E-state index in [0.29, 0.717) is 16.6 Å². The Morgan fingerprint density at radius 2 is 2.10 bits per heavy atom. The fourth-order valence-corrected chi connectivity index (χ4v) is 1.65. The van der Waals surface area contributed by atoms with Crippen LogP contribution in [0.2, 0.25) is 0 Å². The Morgan fingerprint density at radius 3 is 2.90 bits per heavy atom. The van der Waals surface area contributed by atoms with Crippen LogP contribution in [0.15, 0.2) is 42.7 Å². The number of benzene rings is 1. The van der Waals surface area contributed by atoms with E-state index in [9.17, 15) is 9.59 Å². The lowest BCUT2D eigenvalue weighted by molar-refractivity contribution is -0.134. The zero-order chi connectivity index (χ0) is 14.4. The number of hydrogen-bond donors (Lipinski definition) is 1. The summed E-state index contributed by atoms with van der Waals surface area (Å²) >= 11 is 0. The van der Waals surface area contributed by atoms with Gasteiger partial charge in [-0.25, -0.2) is 4.79 Å². The Balaban J connectivity index is 2.08. The molecule has 1 N–H and O–H groups in total. The molecule has 1 heterocycles. The number of para-hydroxylation sites is 1. The van der Waals surface area contributed by atoms with Crippen LogP contribution in [0.3, 0.4) is 0 Å². The maximum atomic E-state index is 12.0. The van der Waals surface area contributed by atoms with E-state index >= 15 is 0 Å². The lowest BCUT2D eigenvalue weighted by atomic mass is 10.1. The average Bonchev–Trinajstić information content (AvgIpc) is 2.50. The molecule has 2 aromatic rings. The highest BCUT2D eigenvalue weighted by atomic mass is 16.5. The summed E-state index contributed by atoms with van der Waals surface area (Å²) in [6, 6.07) is 5.21. The minimum absolute atomic E-state index is 0.227. The average molecular weight is 271 g/mol. The van der Waals surface area contributed by atoms with Crippen LogP contribution in [-0.4, -0.2) is 35.5 Å². The summed E-state index contributed by atoms with van der Waals surface area (Å²) < 4.78 is 4.44. The molecule has 6 nitrogen and oxygen atoms in total. The van der Waals surface area contributed by atoms with E-state index in [0.717, 1.165) is 0 Å². The molecule has 0 aliphatic carbocycles. The molecule has 20 heavy (non-hydrogen) atoms. The van der Waals surface area contributed by atoms with Crippen molar-refractivity contribution in [2.45, 2.75) is 0 Å². The Bertz CT molecular complexity index is 662. The van der Waals surface area contributed by atoms with Gasteiger partial charge in [-0.15, -0.1) is 0 Å². The van der Waals surface area contributed by atoms with Crippen LogP contribution in [-0.2, 0) is 9.53 Å². The number of aromatic nitrogens is 2. The number of methoxy groups -OCH3 is 1. The van der Waals surface area contributed by atoms with Crippen LogP contribution in [0, 0.1) is 0 Å². The fourth-order valence-electron chi connectivity index (χ4n) is 1.65. The molecule has 2 rings (SSSR count). The van der Waals surface area contributed by atoms with Gasteiger partial charge < -0.3 is 10.1 Å². The van der Waals surface area contributed by atoms with Gasteiger partial charge in [0.2, 0.25) is 0 Å². The Hall–Kier alpha value is -2.76. The molecule has 0 aliphatic heterocycles. The van der Waals surface area contributed by atoms with Crippen molar-refractivity contribution in [2.75, 3.05) is 13.7 Å². The Labute approximate surface area is 115 Å². The molecule has 0 fully saturated rings. The molecule has 0 unspecified atom stereocenters. The largest absolute Gasteiger partial charge is 0.466 e. The highest BCUT2D eigenvalue weighted by Gasteiger charge is 2.10. The molecule has 0 saturated carbocycles. The summed E-state index contributed by atoms with van der Waals surface area (Å²) in [5.41, 5.74) is 1.65. The normalized spacial score (nSPS) is 10.7. The summed E-state index contributed by atoms with van der Waals surface area (Å²) in [4.78, 5) is 31.2. The first-order valence-corrected chi connectivity index (χ1v) is 5.95. The van der Waals surface area contributed by atoms with Crippen molar-refractivity contribution in [1.29, 1.82) is 0 Å². The van der Waals surface area contributed by atoms with Gasteiger partial charge in [-0.2, -0.15) is 0 Å². The van der Waals surface area contributed by atoms with Crippen molar-refractivity contribution in [3.8, 4) is 0 Å². The van der Waals surface area contributed by atoms with Crippen LogP contribution >= 0.6 is 0 Å². The third kappa shape index (κ3) is 3.17. The minimum Gasteiger partial charge on any atom is -0.466 e. The van der Waals surface area contributed by atoms with Crippen LogP contribution in [0.25, 0.3) is 11.0 Å². The van der Waals surface area contributed by atoms with Crippen molar-refractivity contribution >= 4 is 22.9 Å². The fraction of sp³-hybridized carbons (Fsp3) is 0.143. The van der Waals surface area contributed by atoms with Gasteiger partial charge >= 0.3 is 5.97 Å². The number of amides is 1. The van der Waals surface area contributed by atoms with Gasteiger partial charge in [-0.1, -0.05) is 12.1 Å². The Kier molecular flexibility index (Phi) is 4.39.